The van der Waals surface area contributed by atoms with Crippen LogP contribution in [0, 0.1) is 0 Å². The van der Waals surface area contributed by atoms with E-state index >= 15 is 0 Å². The molecule has 0 amide bonds. The molecule has 0 atom stereocenters. The second-order valence-corrected chi connectivity index (χ2v) is 6.11. The van der Waals surface area contributed by atoms with Gasteiger partial charge in [0.1, 0.15) is 0 Å². The Morgan fingerprint density at radius 3 is 2.43 bits per heavy atom. The molecule has 0 saturated carbocycles. The number of hydrogen-bond donors (Lipinski definition) is 1. The van der Waals surface area contributed by atoms with E-state index in [1.807, 2.05) is 45.8 Å². The molecule has 6 heteroatoms. The summed E-state index contributed by atoms with van der Waals surface area (Å²) in [6, 6.07) is 1.84. The lowest BCUT2D eigenvalue weighted by molar-refractivity contribution is 0.00578. The Bertz CT molecular complexity index is 528. The molecule has 0 aliphatic carbocycles. The highest BCUT2D eigenvalue weighted by Gasteiger charge is 2.49. The van der Waals surface area contributed by atoms with Crippen LogP contribution in [0.5, 0.6) is 5.88 Å². The predicted molar refractivity (Wildman–Crippen MR) is 83.8 cm³/mol. The van der Waals surface area contributed by atoms with Crippen LogP contribution in [0.2, 0.25) is 0 Å². The van der Waals surface area contributed by atoms with Gasteiger partial charge in [-0.25, -0.2) is 4.98 Å². The molecule has 0 unspecified atom stereocenters. The summed E-state index contributed by atoms with van der Waals surface area (Å²) in [6.07, 6.45) is 3.67. The highest BCUT2D eigenvalue weighted by atomic mass is 16.7. The first-order valence-electron chi connectivity index (χ1n) is 7.06. The van der Waals surface area contributed by atoms with Gasteiger partial charge in [0.15, 0.2) is 0 Å². The monoisotopic (exact) mass is 290 g/mol. The Balaban J connectivity index is 2.16. The fraction of sp³-hybridized carbons (Fsp3) is 0.533. The normalized spacial score (nSPS) is 20.2. The van der Waals surface area contributed by atoms with Gasteiger partial charge in [-0.15, -0.1) is 0 Å². The van der Waals surface area contributed by atoms with E-state index in [0.29, 0.717) is 12.4 Å². The van der Waals surface area contributed by atoms with E-state index in [0.717, 1.165) is 11.1 Å². The third-order valence-electron chi connectivity index (χ3n) is 4.13. The lowest BCUT2D eigenvalue weighted by atomic mass is 9.89. The van der Waals surface area contributed by atoms with Gasteiger partial charge in [-0.3, -0.25) is 0 Å². The first kappa shape index (κ1) is 16.0. The fourth-order valence-electron chi connectivity index (χ4n) is 2.07. The molecule has 1 fully saturated rings. The van der Waals surface area contributed by atoms with Crippen molar-refractivity contribution in [3.63, 3.8) is 0 Å². The average molecular weight is 290 g/mol. The molecule has 0 aromatic carbocycles. The minimum Gasteiger partial charge on any atom is -0.481 e. The Labute approximate surface area is 126 Å². The Kier molecular flexibility index (Phi) is 4.42. The van der Waals surface area contributed by atoms with E-state index in [1.54, 1.807) is 13.3 Å². The Hall–Kier alpha value is -1.37. The molecule has 1 aliphatic rings. The Morgan fingerprint density at radius 2 is 1.90 bits per heavy atom. The van der Waals surface area contributed by atoms with Gasteiger partial charge in [0.25, 0.3) is 0 Å². The van der Waals surface area contributed by atoms with Crippen LogP contribution in [-0.2, 0) is 15.9 Å². The molecular weight excluding hydrogens is 267 g/mol. The molecule has 2 rings (SSSR count). The van der Waals surface area contributed by atoms with E-state index < -0.39 is 0 Å². The molecule has 0 bridgehead atoms. The quantitative estimate of drug-likeness (QED) is 0.861. The van der Waals surface area contributed by atoms with Gasteiger partial charge >= 0.3 is 7.12 Å². The largest absolute Gasteiger partial charge is 0.487 e. The summed E-state index contributed by atoms with van der Waals surface area (Å²) in [6.45, 7) is 8.53. The van der Waals surface area contributed by atoms with Crippen LogP contribution in [0.15, 0.2) is 18.2 Å². The van der Waals surface area contributed by atoms with Crippen molar-refractivity contribution >= 4 is 13.2 Å². The summed E-state index contributed by atoms with van der Waals surface area (Å²) in [4.78, 5) is 4.20. The highest BCUT2D eigenvalue weighted by molar-refractivity contribution is 6.52. The maximum atomic E-state index is 5.92. The van der Waals surface area contributed by atoms with Gasteiger partial charge in [0, 0.05) is 18.8 Å². The van der Waals surface area contributed by atoms with Crippen molar-refractivity contribution in [1.82, 2.24) is 4.98 Å². The summed E-state index contributed by atoms with van der Waals surface area (Å²) in [5.41, 5.74) is 7.00. The zero-order chi connectivity index (χ0) is 15.7. The molecule has 5 nitrogen and oxygen atoms in total. The summed E-state index contributed by atoms with van der Waals surface area (Å²) < 4.78 is 16.9. The molecule has 1 saturated heterocycles. The van der Waals surface area contributed by atoms with Gasteiger partial charge in [0.2, 0.25) is 5.88 Å². The SMILES string of the molecule is COc1cc(CN)c(/C=C/B2OC(C)(C)C(C)(C)O2)cn1. The van der Waals surface area contributed by atoms with Crippen molar-refractivity contribution in [1.29, 1.82) is 0 Å². The van der Waals surface area contributed by atoms with Crippen molar-refractivity contribution < 1.29 is 14.0 Å². The van der Waals surface area contributed by atoms with Crippen molar-refractivity contribution in [3.05, 3.63) is 29.4 Å². The zero-order valence-electron chi connectivity index (χ0n) is 13.3. The van der Waals surface area contributed by atoms with Crippen LogP contribution in [0.25, 0.3) is 6.08 Å². The van der Waals surface area contributed by atoms with Crippen molar-refractivity contribution in [3.8, 4) is 5.88 Å². The van der Waals surface area contributed by atoms with E-state index in [1.165, 1.54) is 0 Å². The molecule has 0 spiro atoms. The van der Waals surface area contributed by atoms with Crippen LogP contribution in [0.3, 0.4) is 0 Å². The van der Waals surface area contributed by atoms with Crippen LogP contribution in [0.1, 0.15) is 38.8 Å². The van der Waals surface area contributed by atoms with Crippen LogP contribution in [-0.4, -0.2) is 30.4 Å². The number of ether oxygens (including phenoxy) is 1. The number of hydrogen-bond acceptors (Lipinski definition) is 5. The fourth-order valence-corrected chi connectivity index (χ4v) is 2.07. The number of pyridine rings is 1. The topological polar surface area (TPSA) is 66.6 Å². The van der Waals surface area contributed by atoms with Crippen molar-refractivity contribution in [2.75, 3.05) is 7.11 Å². The van der Waals surface area contributed by atoms with Gasteiger partial charge in [-0.1, -0.05) is 12.1 Å². The molecule has 2 N–H and O–H groups in total. The number of nitrogens with two attached hydrogens (primary N) is 1. The molecule has 114 valence electrons. The molecule has 2 heterocycles. The molecule has 1 aliphatic heterocycles. The van der Waals surface area contributed by atoms with E-state index in [-0.39, 0.29) is 18.3 Å². The lowest BCUT2D eigenvalue weighted by Crippen LogP contribution is -2.41. The minimum atomic E-state index is -0.372. The first-order chi connectivity index (χ1) is 9.79. The van der Waals surface area contributed by atoms with E-state index in [4.69, 9.17) is 19.8 Å². The standard InChI is InChI=1S/C15H23BN2O3/c1-14(2)15(3,4)21-16(20-14)7-6-11-10-18-13(19-5)8-12(11)9-17/h6-8,10H,9,17H2,1-5H3/b7-6+. The van der Waals surface area contributed by atoms with Gasteiger partial charge in [-0.05, 0) is 38.8 Å². The first-order valence-corrected chi connectivity index (χ1v) is 7.06. The second kappa shape index (κ2) is 5.79. The number of methoxy groups -OCH3 is 1. The molecular formula is C15H23BN2O3. The minimum absolute atomic E-state index is 0.336. The third-order valence-corrected chi connectivity index (χ3v) is 4.13. The summed E-state index contributed by atoms with van der Waals surface area (Å²) >= 11 is 0. The molecule has 1 aromatic heterocycles. The maximum absolute atomic E-state index is 5.92. The lowest BCUT2D eigenvalue weighted by Gasteiger charge is -2.32. The number of nitrogens with zero attached hydrogens (tertiary/aromatic N) is 1. The van der Waals surface area contributed by atoms with Crippen molar-refractivity contribution in [2.24, 2.45) is 5.73 Å². The van der Waals surface area contributed by atoms with Crippen LogP contribution < -0.4 is 10.5 Å². The molecule has 0 radical (unpaired) electrons. The van der Waals surface area contributed by atoms with Crippen LogP contribution >= 0.6 is 0 Å². The van der Waals surface area contributed by atoms with Gasteiger partial charge in [-0.2, -0.15) is 0 Å². The Morgan fingerprint density at radius 1 is 1.29 bits per heavy atom. The summed E-state index contributed by atoms with van der Waals surface area (Å²) in [7, 11) is 1.21. The predicted octanol–water partition coefficient (Wildman–Crippen LogP) is 2.19. The van der Waals surface area contributed by atoms with Gasteiger partial charge < -0.3 is 19.8 Å². The summed E-state index contributed by atoms with van der Waals surface area (Å²) in [5.74, 6) is 2.45. The third kappa shape index (κ3) is 3.28. The summed E-state index contributed by atoms with van der Waals surface area (Å²) in [5, 5.41) is 0. The molecule has 1 aromatic rings. The van der Waals surface area contributed by atoms with E-state index in [9.17, 15) is 0 Å². The zero-order valence-corrected chi connectivity index (χ0v) is 13.3. The van der Waals surface area contributed by atoms with Gasteiger partial charge in [0.05, 0.1) is 18.3 Å². The number of aromatic nitrogens is 1. The van der Waals surface area contributed by atoms with E-state index in [2.05, 4.69) is 4.98 Å². The van der Waals surface area contributed by atoms with Crippen LogP contribution in [0.4, 0.5) is 0 Å². The molecule has 21 heavy (non-hydrogen) atoms. The highest BCUT2D eigenvalue weighted by Crippen LogP contribution is 2.37. The number of rotatable bonds is 4. The maximum Gasteiger partial charge on any atom is 0.487 e. The smallest absolute Gasteiger partial charge is 0.481 e. The second-order valence-electron chi connectivity index (χ2n) is 6.11. The van der Waals surface area contributed by atoms with Crippen molar-refractivity contribution in [2.45, 2.75) is 45.4 Å². The average Bonchev–Trinajstić information content (AvgIpc) is 2.64.